The molecule has 0 amide bonds. The predicted octanol–water partition coefficient (Wildman–Crippen LogP) is 1.61. The second-order valence-corrected chi connectivity index (χ2v) is 2.98. The second kappa shape index (κ2) is 2.55. The number of carbonyl (C=O) groups is 1. The highest BCUT2D eigenvalue weighted by molar-refractivity contribution is 6.08. The van der Waals surface area contributed by atoms with Gasteiger partial charge in [0.05, 0.1) is 0 Å². The van der Waals surface area contributed by atoms with Crippen LogP contribution < -0.4 is 0 Å². The Kier molecular flexibility index (Phi) is 1.54. The van der Waals surface area contributed by atoms with Crippen LogP contribution in [-0.4, -0.2) is 18.5 Å². The van der Waals surface area contributed by atoms with E-state index < -0.39 is 0 Å². The second-order valence-electron chi connectivity index (χ2n) is 2.98. The van der Waals surface area contributed by atoms with Crippen molar-refractivity contribution in [3.63, 3.8) is 0 Å². The summed E-state index contributed by atoms with van der Waals surface area (Å²) in [5.41, 5.74) is 2.91. The lowest BCUT2D eigenvalue weighted by Crippen LogP contribution is -2.12. The fraction of sp³-hybridized carbons (Fsp3) is 0.200. The summed E-state index contributed by atoms with van der Waals surface area (Å²) >= 11 is 0. The maximum Gasteiger partial charge on any atom is 0.184 e. The minimum absolute atomic E-state index is 0.118. The van der Waals surface area contributed by atoms with Crippen LogP contribution in [-0.2, 0) is 0 Å². The van der Waals surface area contributed by atoms with Crippen molar-refractivity contribution in [2.75, 3.05) is 6.54 Å². The standard InChI is InChI=1S/C10H9NO/c1-7-2-3-9-8(4-7)5-11-6-10(9)12/h2-5H,6H2,1H3. The molecule has 0 radical (unpaired) electrons. The fourth-order valence-corrected chi connectivity index (χ4v) is 1.35. The van der Waals surface area contributed by atoms with E-state index in [9.17, 15) is 4.79 Å². The largest absolute Gasteiger partial charge is 0.292 e. The third-order valence-corrected chi connectivity index (χ3v) is 1.97. The van der Waals surface area contributed by atoms with Crippen LogP contribution in [0.15, 0.2) is 23.2 Å². The molecule has 1 aliphatic heterocycles. The van der Waals surface area contributed by atoms with Gasteiger partial charge in [-0.1, -0.05) is 17.7 Å². The lowest BCUT2D eigenvalue weighted by atomic mass is 10.00. The Bertz CT molecular complexity index is 366. The van der Waals surface area contributed by atoms with Gasteiger partial charge >= 0.3 is 0 Å². The van der Waals surface area contributed by atoms with Crippen LogP contribution in [0.4, 0.5) is 0 Å². The Labute approximate surface area is 70.9 Å². The highest BCUT2D eigenvalue weighted by Gasteiger charge is 2.12. The number of rotatable bonds is 0. The molecule has 0 aromatic heterocycles. The zero-order valence-corrected chi connectivity index (χ0v) is 6.87. The molecule has 60 valence electrons. The first-order valence-corrected chi connectivity index (χ1v) is 3.91. The van der Waals surface area contributed by atoms with Crippen molar-refractivity contribution >= 4 is 12.0 Å². The van der Waals surface area contributed by atoms with E-state index in [1.54, 1.807) is 6.21 Å². The average Bonchev–Trinajstić information content (AvgIpc) is 2.04. The lowest BCUT2D eigenvalue weighted by Gasteiger charge is -2.08. The molecule has 0 saturated carbocycles. The van der Waals surface area contributed by atoms with E-state index in [1.807, 2.05) is 25.1 Å². The number of ketones is 1. The molecule has 0 fully saturated rings. The summed E-state index contributed by atoms with van der Waals surface area (Å²) in [6, 6.07) is 5.81. The molecular formula is C10H9NO. The highest BCUT2D eigenvalue weighted by atomic mass is 16.1. The number of aliphatic imine (C=N–C) groups is 1. The van der Waals surface area contributed by atoms with Gasteiger partial charge in [-0.05, 0) is 13.0 Å². The summed E-state index contributed by atoms with van der Waals surface area (Å²) in [5.74, 6) is 0.118. The molecule has 0 atom stereocenters. The number of benzene rings is 1. The van der Waals surface area contributed by atoms with Crippen LogP contribution >= 0.6 is 0 Å². The van der Waals surface area contributed by atoms with Crippen LogP contribution in [0.5, 0.6) is 0 Å². The van der Waals surface area contributed by atoms with Gasteiger partial charge in [0.1, 0.15) is 6.54 Å². The van der Waals surface area contributed by atoms with E-state index >= 15 is 0 Å². The van der Waals surface area contributed by atoms with Crippen LogP contribution in [0.25, 0.3) is 0 Å². The predicted molar refractivity (Wildman–Crippen MR) is 48.0 cm³/mol. The van der Waals surface area contributed by atoms with Crippen LogP contribution in [0.1, 0.15) is 21.5 Å². The van der Waals surface area contributed by atoms with Crippen molar-refractivity contribution in [2.24, 2.45) is 4.99 Å². The molecule has 1 aliphatic rings. The molecule has 1 aromatic rings. The van der Waals surface area contributed by atoms with E-state index in [0.717, 1.165) is 16.7 Å². The zero-order chi connectivity index (χ0) is 8.55. The Balaban J connectivity index is 2.62. The molecule has 2 heteroatoms. The van der Waals surface area contributed by atoms with Crippen molar-refractivity contribution in [2.45, 2.75) is 6.92 Å². The smallest absolute Gasteiger partial charge is 0.184 e. The van der Waals surface area contributed by atoms with Crippen molar-refractivity contribution < 1.29 is 4.79 Å². The third kappa shape index (κ3) is 1.05. The van der Waals surface area contributed by atoms with Crippen molar-refractivity contribution in [1.29, 1.82) is 0 Å². The fourth-order valence-electron chi connectivity index (χ4n) is 1.35. The first-order valence-electron chi connectivity index (χ1n) is 3.91. The van der Waals surface area contributed by atoms with E-state index in [4.69, 9.17) is 0 Å². The first-order chi connectivity index (χ1) is 5.77. The molecule has 12 heavy (non-hydrogen) atoms. The maximum atomic E-state index is 11.3. The van der Waals surface area contributed by atoms with Crippen LogP contribution in [0, 0.1) is 6.92 Å². The van der Waals surface area contributed by atoms with Gasteiger partial charge in [0.2, 0.25) is 0 Å². The Morgan fingerprint density at radius 2 is 2.25 bits per heavy atom. The average molecular weight is 159 g/mol. The summed E-state index contributed by atoms with van der Waals surface area (Å²) in [6.45, 7) is 2.31. The summed E-state index contributed by atoms with van der Waals surface area (Å²) in [7, 11) is 0. The molecule has 0 saturated heterocycles. The minimum atomic E-state index is 0.118. The maximum absolute atomic E-state index is 11.3. The summed E-state index contributed by atoms with van der Waals surface area (Å²) in [5, 5.41) is 0. The molecule has 0 bridgehead atoms. The number of nitrogens with zero attached hydrogens (tertiary/aromatic N) is 1. The number of hydrogen-bond donors (Lipinski definition) is 0. The van der Waals surface area contributed by atoms with E-state index in [-0.39, 0.29) is 5.78 Å². The molecule has 0 unspecified atom stereocenters. The molecule has 0 aliphatic carbocycles. The molecule has 2 rings (SSSR count). The molecule has 0 spiro atoms. The van der Waals surface area contributed by atoms with Gasteiger partial charge in [-0.2, -0.15) is 0 Å². The number of aryl methyl sites for hydroxylation is 1. The lowest BCUT2D eigenvalue weighted by molar-refractivity contribution is 0.100. The van der Waals surface area contributed by atoms with Gasteiger partial charge in [-0.25, -0.2) is 0 Å². The Morgan fingerprint density at radius 1 is 1.42 bits per heavy atom. The van der Waals surface area contributed by atoms with E-state index in [0.29, 0.717) is 6.54 Å². The summed E-state index contributed by atoms with van der Waals surface area (Å²) in [4.78, 5) is 15.2. The Hall–Kier alpha value is -1.44. The number of hydrogen-bond acceptors (Lipinski definition) is 2. The van der Waals surface area contributed by atoms with Gasteiger partial charge in [0.15, 0.2) is 5.78 Å². The van der Waals surface area contributed by atoms with Crippen LogP contribution in [0.2, 0.25) is 0 Å². The third-order valence-electron chi connectivity index (χ3n) is 1.97. The van der Waals surface area contributed by atoms with Gasteiger partial charge in [-0.3, -0.25) is 9.79 Å². The summed E-state index contributed by atoms with van der Waals surface area (Å²) in [6.07, 6.45) is 1.77. The molecule has 1 aromatic carbocycles. The Morgan fingerprint density at radius 3 is 3.08 bits per heavy atom. The molecule has 0 N–H and O–H groups in total. The van der Waals surface area contributed by atoms with E-state index in [2.05, 4.69) is 4.99 Å². The van der Waals surface area contributed by atoms with Gasteiger partial charge in [-0.15, -0.1) is 0 Å². The molecule has 2 nitrogen and oxygen atoms in total. The number of fused-ring (bicyclic) bond motifs is 1. The van der Waals surface area contributed by atoms with Gasteiger partial charge in [0, 0.05) is 17.3 Å². The SMILES string of the molecule is Cc1ccc2c(c1)C=NCC2=O. The minimum Gasteiger partial charge on any atom is -0.292 e. The number of carbonyl (C=O) groups excluding carboxylic acids is 1. The molecular weight excluding hydrogens is 150 g/mol. The number of Topliss-reactive ketones (excluding diaryl/α,β-unsaturated/α-hetero) is 1. The van der Waals surface area contributed by atoms with E-state index in [1.165, 1.54) is 0 Å². The summed E-state index contributed by atoms with van der Waals surface area (Å²) < 4.78 is 0. The monoisotopic (exact) mass is 159 g/mol. The first kappa shape index (κ1) is 7.22. The van der Waals surface area contributed by atoms with Gasteiger partial charge < -0.3 is 0 Å². The topological polar surface area (TPSA) is 29.4 Å². The van der Waals surface area contributed by atoms with Crippen molar-refractivity contribution in [3.8, 4) is 0 Å². The van der Waals surface area contributed by atoms with Crippen molar-refractivity contribution in [3.05, 3.63) is 34.9 Å². The quantitative estimate of drug-likeness (QED) is 0.565. The zero-order valence-electron chi connectivity index (χ0n) is 6.87. The van der Waals surface area contributed by atoms with Crippen molar-refractivity contribution in [1.82, 2.24) is 0 Å². The highest BCUT2D eigenvalue weighted by Crippen LogP contribution is 2.13. The normalized spacial score (nSPS) is 14.6. The van der Waals surface area contributed by atoms with Gasteiger partial charge in [0.25, 0.3) is 0 Å². The molecule has 1 heterocycles. The van der Waals surface area contributed by atoms with Crippen LogP contribution in [0.3, 0.4) is 0 Å².